The Hall–Kier alpha value is -2.46. The second-order valence-electron chi connectivity index (χ2n) is 4.66. The van der Waals surface area contributed by atoms with Gasteiger partial charge in [-0.25, -0.2) is 14.3 Å². The number of carbonyl (C=O) groups excluding carboxylic acids is 1. The van der Waals surface area contributed by atoms with Crippen molar-refractivity contribution in [2.24, 2.45) is 0 Å². The summed E-state index contributed by atoms with van der Waals surface area (Å²) >= 11 is 0. The molecule has 1 aliphatic heterocycles. The van der Waals surface area contributed by atoms with Gasteiger partial charge in [0.05, 0.1) is 6.61 Å². The van der Waals surface area contributed by atoms with Crippen LogP contribution in [-0.4, -0.2) is 33.8 Å². The Labute approximate surface area is 121 Å². The topological polar surface area (TPSA) is 89.5 Å². The van der Waals surface area contributed by atoms with Gasteiger partial charge in [-0.1, -0.05) is 0 Å². The number of nitriles is 1. The molecule has 0 radical (unpaired) electrons. The number of ether oxygens (including phenoxy) is 2. The largest absolute Gasteiger partial charge is 0.461 e. The average molecular weight is 286 g/mol. The van der Waals surface area contributed by atoms with Crippen LogP contribution in [0.1, 0.15) is 47.6 Å². The highest BCUT2D eigenvalue weighted by molar-refractivity contribution is 5.88. The molecule has 3 heterocycles. The summed E-state index contributed by atoms with van der Waals surface area (Å²) in [4.78, 5) is 16.1. The summed E-state index contributed by atoms with van der Waals surface area (Å²) in [6.45, 7) is 2.66. The fraction of sp³-hybridized carbons (Fsp3) is 0.429. The lowest BCUT2D eigenvalue weighted by Gasteiger charge is -2.05. The molecule has 1 fully saturated rings. The number of hydrogen-bond donors (Lipinski definition) is 0. The van der Waals surface area contributed by atoms with Gasteiger partial charge in [-0.05, 0) is 25.8 Å². The molecular formula is C14H14N4O3. The minimum Gasteiger partial charge on any atom is -0.461 e. The maximum Gasteiger partial charge on any atom is 0.357 e. The Morgan fingerprint density at radius 1 is 1.67 bits per heavy atom. The van der Waals surface area contributed by atoms with Crippen molar-refractivity contribution < 1.29 is 14.3 Å². The molecule has 0 aromatic carbocycles. The smallest absolute Gasteiger partial charge is 0.357 e. The third kappa shape index (κ3) is 2.23. The van der Waals surface area contributed by atoms with Crippen molar-refractivity contribution in [1.82, 2.24) is 14.6 Å². The van der Waals surface area contributed by atoms with Crippen LogP contribution in [0.15, 0.2) is 12.3 Å². The first-order chi connectivity index (χ1) is 10.3. The van der Waals surface area contributed by atoms with E-state index in [1.165, 1.54) is 16.8 Å². The van der Waals surface area contributed by atoms with E-state index >= 15 is 0 Å². The molecule has 2 aromatic rings. The maximum atomic E-state index is 12.0. The predicted octanol–water partition coefficient (Wildman–Crippen LogP) is 1.63. The van der Waals surface area contributed by atoms with Crippen molar-refractivity contribution in [1.29, 1.82) is 5.26 Å². The summed E-state index contributed by atoms with van der Waals surface area (Å²) in [5.74, 6) is -0.490. The molecule has 108 valence electrons. The van der Waals surface area contributed by atoms with Gasteiger partial charge in [-0.3, -0.25) is 0 Å². The first-order valence-corrected chi connectivity index (χ1v) is 6.82. The SMILES string of the molecule is CCOC(=O)c1ccnc2c(C#N)c(C3CCCO3)nn12. The average Bonchev–Trinajstić information content (AvgIpc) is 3.13. The molecule has 1 atom stereocenters. The van der Waals surface area contributed by atoms with Crippen LogP contribution in [0.25, 0.3) is 5.65 Å². The van der Waals surface area contributed by atoms with Crippen molar-refractivity contribution in [3.63, 3.8) is 0 Å². The first kappa shape index (κ1) is 13.5. The van der Waals surface area contributed by atoms with Crippen LogP contribution >= 0.6 is 0 Å². The van der Waals surface area contributed by atoms with E-state index in [0.29, 0.717) is 23.5 Å². The molecule has 0 spiro atoms. The third-order valence-corrected chi connectivity index (χ3v) is 3.38. The molecule has 2 aromatic heterocycles. The minimum atomic E-state index is -0.490. The van der Waals surface area contributed by atoms with Gasteiger partial charge >= 0.3 is 5.97 Å². The molecule has 0 N–H and O–H groups in total. The van der Waals surface area contributed by atoms with Gasteiger partial charge in [0.25, 0.3) is 0 Å². The van der Waals surface area contributed by atoms with Crippen molar-refractivity contribution in [2.45, 2.75) is 25.9 Å². The van der Waals surface area contributed by atoms with E-state index in [1.54, 1.807) is 6.92 Å². The zero-order valence-corrected chi connectivity index (χ0v) is 11.6. The number of esters is 1. The molecule has 3 rings (SSSR count). The predicted molar refractivity (Wildman–Crippen MR) is 71.6 cm³/mol. The number of aromatic nitrogens is 3. The lowest BCUT2D eigenvalue weighted by molar-refractivity contribution is 0.0515. The second-order valence-corrected chi connectivity index (χ2v) is 4.66. The van der Waals surface area contributed by atoms with Crippen LogP contribution < -0.4 is 0 Å². The fourth-order valence-electron chi connectivity index (χ4n) is 2.45. The summed E-state index contributed by atoms with van der Waals surface area (Å²) in [5.41, 5.74) is 1.50. The van der Waals surface area contributed by atoms with E-state index in [4.69, 9.17) is 9.47 Å². The normalized spacial score (nSPS) is 17.8. The van der Waals surface area contributed by atoms with Gasteiger partial charge in [0.15, 0.2) is 11.3 Å². The minimum absolute atomic E-state index is 0.212. The zero-order valence-electron chi connectivity index (χ0n) is 11.6. The molecule has 7 nitrogen and oxygen atoms in total. The molecular weight excluding hydrogens is 272 g/mol. The molecule has 1 saturated heterocycles. The number of carbonyl (C=O) groups is 1. The van der Waals surface area contributed by atoms with E-state index in [-0.39, 0.29) is 18.4 Å². The lowest BCUT2D eigenvalue weighted by atomic mass is 10.1. The summed E-state index contributed by atoms with van der Waals surface area (Å²) in [5, 5.41) is 13.8. The van der Waals surface area contributed by atoms with E-state index in [1.807, 2.05) is 0 Å². The van der Waals surface area contributed by atoms with Gasteiger partial charge in [0.2, 0.25) is 0 Å². The van der Waals surface area contributed by atoms with Crippen LogP contribution in [0.5, 0.6) is 0 Å². The van der Waals surface area contributed by atoms with Gasteiger partial charge < -0.3 is 9.47 Å². The molecule has 0 amide bonds. The van der Waals surface area contributed by atoms with Gasteiger partial charge in [-0.2, -0.15) is 10.4 Å². The van der Waals surface area contributed by atoms with Crippen LogP contribution in [0.4, 0.5) is 0 Å². The van der Waals surface area contributed by atoms with E-state index < -0.39 is 5.97 Å². The van der Waals surface area contributed by atoms with Gasteiger partial charge in [-0.15, -0.1) is 0 Å². The van der Waals surface area contributed by atoms with Gasteiger partial charge in [0, 0.05) is 12.8 Å². The molecule has 1 unspecified atom stereocenters. The van der Waals surface area contributed by atoms with E-state index in [0.717, 1.165) is 12.8 Å². The number of nitrogens with zero attached hydrogens (tertiary/aromatic N) is 4. The number of hydrogen-bond acceptors (Lipinski definition) is 6. The third-order valence-electron chi connectivity index (χ3n) is 3.38. The molecule has 0 aliphatic carbocycles. The highest BCUT2D eigenvalue weighted by Gasteiger charge is 2.27. The Bertz CT molecular complexity index is 726. The molecule has 1 aliphatic rings. The van der Waals surface area contributed by atoms with Crippen molar-refractivity contribution >= 4 is 11.6 Å². The Kier molecular flexibility index (Phi) is 3.54. The highest BCUT2D eigenvalue weighted by Crippen LogP contribution is 2.31. The zero-order chi connectivity index (χ0) is 14.8. The summed E-state index contributed by atoms with van der Waals surface area (Å²) in [6, 6.07) is 3.64. The van der Waals surface area contributed by atoms with Crippen molar-refractivity contribution in [3.8, 4) is 6.07 Å². The Morgan fingerprint density at radius 3 is 3.19 bits per heavy atom. The van der Waals surface area contributed by atoms with Crippen molar-refractivity contribution in [3.05, 3.63) is 29.2 Å². The standard InChI is InChI=1S/C14H14N4O3/c1-2-20-14(19)10-5-6-16-13-9(8-15)12(17-18(10)13)11-4-3-7-21-11/h5-6,11H,2-4,7H2,1H3. The molecule has 7 heteroatoms. The summed E-state index contributed by atoms with van der Waals surface area (Å²) < 4.78 is 12.0. The van der Waals surface area contributed by atoms with E-state index in [9.17, 15) is 10.1 Å². The fourth-order valence-corrected chi connectivity index (χ4v) is 2.45. The van der Waals surface area contributed by atoms with E-state index in [2.05, 4.69) is 16.2 Å². The summed E-state index contributed by atoms with van der Waals surface area (Å²) in [6.07, 6.45) is 3.01. The van der Waals surface area contributed by atoms with Crippen LogP contribution in [0.2, 0.25) is 0 Å². The number of rotatable bonds is 3. The maximum absolute atomic E-state index is 12.0. The number of fused-ring (bicyclic) bond motifs is 1. The highest BCUT2D eigenvalue weighted by atomic mass is 16.5. The lowest BCUT2D eigenvalue weighted by Crippen LogP contribution is -2.11. The van der Waals surface area contributed by atoms with Crippen molar-refractivity contribution in [2.75, 3.05) is 13.2 Å². The van der Waals surface area contributed by atoms with Crippen LogP contribution in [-0.2, 0) is 9.47 Å². The molecule has 21 heavy (non-hydrogen) atoms. The Morgan fingerprint density at radius 2 is 2.52 bits per heavy atom. The van der Waals surface area contributed by atoms with Crippen LogP contribution in [0, 0.1) is 11.3 Å². The first-order valence-electron chi connectivity index (χ1n) is 6.82. The Balaban J connectivity index is 2.16. The second kappa shape index (κ2) is 5.50. The van der Waals surface area contributed by atoms with Gasteiger partial charge in [0.1, 0.15) is 23.4 Å². The quantitative estimate of drug-likeness (QED) is 0.797. The monoisotopic (exact) mass is 286 g/mol. The summed E-state index contributed by atoms with van der Waals surface area (Å²) in [7, 11) is 0. The van der Waals surface area contributed by atoms with Crippen LogP contribution in [0.3, 0.4) is 0 Å². The molecule has 0 bridgehead atoms. The molecule has 0 saturated carbocycles.